The van der Waals surface area contributed by atoms with Gasteiger partial charge in [-0.25, -0.2) is 0 Å². The van der Waals surface area contributed by atoms with E-state index in [2.05, 4.69) is 29.1 Å². The molecule has 3 heteroatoms. The number of halogens is 1. The van der Waals surface area contributed by atoms with Crippen molar-refractivity contribution < 1.29 is 0 Å². The molecule has 1 N–H and O–H groups in total. The number of hydrogen-bond acceptors (Lipinski definition) is 1. The molecule has 1 heterocycles. The number of fused-ring (bicyclic) bond motifs is 1. The van der Waals surface area contributed by atoms with Crippen LogP contribution in [-0.4, -0.2) is 18.2 Å². The molecule has 2 rings (SSSR count). The number of nitrogens with zero attached hydrogens (tertiary/aromatic N) is 1. The van der Waals surface area contributed by atoms with E-state index in [1.807, 2.05) is 19.2 Å². The quantitative estimate of drug-likeness (QED) is 0.864. The molecule has 0 atom stereocenters. The Morgan fingerprint density at radius 2 is 2.19 bits per heavy atom. The summed E-state index contributed by atoms with van der Waals surface area (Å²) in [6.07, 6.45) is 3.23. The van der Waals surface area contributed by atoms with Crippen molar-refractivity contribution in [2.24, 2.45) is 0 Å². The zero-order chi connectivity index (χ0) is 11.5. The highest BCUT2D eigenvalue weighted by atomic mass is 35.5. The van der Waals surface area contributed by atoms with Gasteiger partial charge in [-0.15, -0.1) is 0 Å². The van der Waals surface area contributed by atoms with Gasteiger partial charge >= 0.3 is 0 Å². The lowest BCUT2D eigenvalue weighted by molar-refractivity contribution is 0.770. The summed E-state index contributed by atoms with van der Waals surface area (Å²) in [7, 11) is 1.97. The molecule has 1 aromatic heterocycles. The van der Waals surface area contributed by atoms with Crippen LogP contribution in [0.25, 0.3) is 10.9 Å². The van der Waals surface area contributed by atoms with Crippen molar-refractivity contribution in [1.82, 2.24) is 9.88 Å². The molecular weight excluding hydrogens is 220 g/mol. The van der Waals surface area contributed by atoms with Crippen LogP contribution in [0.3, 0.4) is 0 Å². The van der Waals surface area contributed by atoms with Crippen molar-refractivity contribution in [2.45, 2.75) is 19.9 Å². The van der Waals surface area contributed by atoms with Crippen LogP contribution >= 0.6 is 11.6 Å². The highest BCUT2D eigenvalue weighted by Crippen LogP contribution is 2.28. The van der Waals surface area contributed by atoms with Crippen molar-refractivity contribution in [2.75, 3.05) is 13.6 Å². The molecule has 0 saturated carbocycles. The third kappa shape index (κ3) is 1.95. The van der Waals surface area contributed by atoms with Gasteiger partial charge in [0.2, 0.25) is 0 Å². The Balaban J connectivity index is 2.55. The lowest BCUT2D eigenvalue weighted by Gasteiger charge is -2.00. The Labute approximate surface area is 101 Å². The number of likely N-dealkylation sites (N-methyl/N-ethyl adjacent to an activating group) is 1. The summed E-state index contributed by atoms with van der Waals surface area (Å²) in [5.41, 5.74) is 2.57. The molecule has 0 fully saturated rings. The summed E-state index contributed by atoms with van der Waals surface area (Å²) < 4.78 is 2.26. The van der Waals surface area contributed by atoms with Crippen LogP contribution in [0.1, 0.15) is 12.5 Å². The zero-order valence-electron chi connectivity index (χ0n) is 9.76. The summed E-state index contributed by atoms with van der Waals surface area (Å²) in [5, 5.41) is 5.24. The van der Waals surface area contributed by atoms with Gasteiger partial charge in [-0.05, 0) is 44.6 Å². The fourth-order valence-corrected chi connectivity index (χ4v) is 2.39. The predicted molar refractivity (Wildman–Crippen MR) is 70.3 cm³/mol. The minimum absolute atomic E-state index is 0.857. The molecule has 2 nitrogen and oxygen atoms in total. The maximum Gasteiger partial charge on any atom is 0.0502 e. The third-order valence-corrected chi connectivity index (χ3v) is 3.23. The monoisotopic (exact) mass is 236 g/mol. The van der Waals surface area contributed by atoms with E-state index in [4.69, 9.17) is 11.6 Å². The van der Waals surface area contributed by atoms with E-state index in [1.165, 1.54) is 16.5 Å². The molecule has 0 aliphatic rings. The molecule has 0 unspecified atom stereocenters. The van der Waals surface area contributed by atoms with Gasteiger partial charge in [0.1, 0.15) is 0 Å². The second-order valence-electron chi connectivity index (χ2n) is 3.93. The molecule has 0 bridgehead atoms. The Morgan fingerprint density at radius 3 is 2.88 bits per heavy atom. The van der Waals surface area contributed by atoms with Gasteiger partial charge in [0.25, 0.3) is 0 Å². The predicted octanol–water partition coefficient (Wildman–Crippen LogP) is 3.08. The normalized spacial score (nSPS) is 11.2. The molecule has 0 spiro atoms. The van der Waals surface area contributed by atoms with Crippen LogP contribution in [0, 0.1) is 0 Å². The Kier molecular flexibility index (Phi) is 3.52. The van der Waals surface area contributed by atoms with Crippen molar-refractivity contribution in [1.29, 1.82) is 0 Å². The highest BCUT2D eigenvalue weighted by molar-refractivity contribution is 6.35. The number of nitrogens with one attached hydrogen (secondary N) is 1. The Bertz CT molecular complexity index is 488. The van der Waals surface area contributed by atoms with Crippen LogP contribution in [0.2, 0.25) is 5.02 Å². The van der Waals surface area contributed by atoms with Crippen molar-refractivity contribution >= 4 is 22.5 Å². The van der Waals surface area contributed by atoms with Crippen molar-refractivity contribution in [3.05, 3.63) is 35.0 Å². The molecule has 1 aromatic carbocycles. The first-order valence-corrected chi connectivity index (χ1v) is 6.06. The maximum atomic E-state index is 6.28. The summed E-state index contributed by atoms with van der Waals surface area (Å²) in [5.74, 6) is 0. The van der Waals surface area contributed by atoms with E-state index in [-0.39, 0.29) is 0 Å². The first-order valence-electron chi connectivity index (χ1n) is 5.68. The fourth-order valence-electron chi connectivity index (χ4n) is 2.10. The molecule has 0 aliphatic carbocycles. The van der Waals surface area contributed by atoms with E-state index in [9.17, 15) is 0 Å². The van der Waals surface area contributed by atoms with Gasteiger partial charge < -0.3 is 9.88 Å². The van der Waals surface area contributed by atoms with E-state index in [0.29, 0.717) is 0 Å². The fraction of sp³-hybridized carbons (Fsp3) is 0.385. The standard InChI is InChI=1S/C13H17ClN2/c1-3-16-9-10(7-8-15-2)13-11(14)5-4-6-12(13)16/h4-6,9,15H,3,7-8H2,1-2H3. The number of hydrogen-bond donors (Lipinski definition) is 1. The van der Waals surface area contributed by atoms with E-state index in [0.717, 1.165) is 24.5 Å². The summed E-state index contributed by atoms with van der Waals surface area (Å²) >= 11 is 6.28. The van der Waals surface area contributed by atoms with Crippen LogP contribution in [0.15, 0.2) is 24.4 Å². The smallest absolute Gasteiger partial charge is 0.0502 e. The second kappa shape index (κ2) is 4.89. The lowest BCUT2D eigenvalue weighted by atomic mass is 10.1. The molecule has 0 amide bonds. The molecule has 0 aliphatic heterocycles. The summed E-state index contributed by atoms with van der Waals surface area (Å²) in [6, 6.07) is 6.11. The van der Waals surface area contributed by atoms with Crippen molar-refractivity contribution in [3.63, 3.8) is 0 Å². The van der Waals surface area contributed by atoms with Gasteiger partial charge in [-0.1, -0.05) is 17.7 Å². The molecule has 2 aromatic rings. The average molecular weight is 237 g/mol. The molecule has 16 heavy (non-hydrogen) atoms. The first-order chi connectivity index (χ1) is 7.77. The topological polar surface area (TPSA) is 17.0 Å². The van der Waals surface area contributed by atoms with E-state index >= 15 is 0 Å². The third-order valence-electron chi connectivity index (χ3n) is 2.92. The summed E-state index contributed by atoms with van der Waals surface area (Å²) in [6.45, 7) is 4.12. The van der Waals surface area contributed by atoms with Gasteiger partial charge in [-0.3, -0.25) is 0 Å². The number of aromatic nitrogens is 1. The number of aryl methyl sites for hydroxylation is 1. The van der Waals surface area contributed by atoms with Gasteiger partial charge in [-0.2, -0.15) is 0 Å². The SMILES string of the molecule is CCn1cc(CCNC)c2c(Cl)cccc21. The first kappa shape index (κ1) is 11.5. The van der Waals surface area contributed by atoms with Gasteiger partial charge in [0.15, 0.2) is 0 Å². The van der Waals surface area contributed by atoms with E-state index < -0.39 is 0 Å². The van der Waals surface area contributed by atoms with Crippen molar-refractivity contribution in [3.8, 4) is 0 Å². The van der Waals surface area contributed by atoms with Crippen LogP contribution < -0.4 is 5.32 Å². The molecular formula is C13H17ClN2. The lowest BCUT2D eigenvalue weighted by Crippen LogP contribution is -2.10. The highest BCUT2D eigenvalue weighted by Gasteiger charge is 2.09. The Morgan fingerprint density at radius 1 is 1.38 bits per heavy atom. The minimum Gasteiger partial charge on any atom is -0.347 e. The molecule has 0 radical (unpaired) electrons. The molecule has 0 saturated heterocycles. The van der Waals surface area contributed by atoms with E-state index in [1.54, 1.807) is 0 Å². The van der Waals surface area contributed by atoms with Gasteiger partial charge in [0, 0.05) is 23.6 Å². The molecule has 86 valence electrons. The number of benzene rings is 1. The summed E-state index contributed by atoms with van der Waals surface area (Å²) in [4.78, 5) is 0. The zero-order valence-corrected chi connectivity index (χ0v) is 10.5. The number of rotatable bonds is 4. The van der Waals surface area contributed by atoms with Crippen LogP contribution in [0.5, 0.6) is 0 Å². The average Bonchev–Trinajstić information content (AvgIpc) is 2.66. The van der Waals surface area contributed by atoms with Gasteiger partial charge in [0.05, 0.1) is 5.02 Å². The largest absolute Gasteiger partial charge is 0.347 e. The van der Waals surface area contributed by atoms with Crippen LogP contribution in [0.4, 0.5) is 0 Å². The Hall–Kier alpha value is -0.990. The van der Waals surface area contributed by atoms with Crippen LogP contribution in [-0.2, 0) is 13.0 Å². The minimum atomic E-state index is 0.857. The second-order valence-corrected chi connectivity index (χ2v) is 4.34. The maximum absolute atomic E-state index is 6.28.